The van der Waals surface area contributed by atoms with Gasteiger partial charge in [-0.25, -0.2) is 12.8 Å². The molecule has 2 aromatic carbocycles. The molecule has 35 heavy (non-hydrogen) atoms. The molecule has 0 fully saturated rings. The highest BCUT2D eigenvalue weighted by molar-refractivity contribution is 7.93. The number of aliphatic hydroxyl groups is 1. The highest BCUT2D eigenvalue weighted by Crippen LogP contribution is 2.40. The summed E-state index contributed by atoms with van der Waals surface area (Å²) in [7, 11) is -4.15. The van der Waals surface area contributed by atoms with Crippen molar-refractivity contribution in [3.8, 4) is 5.75 Å². The first-order chi connectivity index (χ1) is 16.5. The molecule has 2 heterocycles. The highest BCUT2D eigenvalue weighted by Gasteiger charge is 2.38. The normalized spacial score (nSPS) is 17.2. The minimum absolute atomic E-state index is 0.133. The first-order valence-electron chi connectivity index (χ1n) is 10.9. The number of allylic oxidation sites excluding steroid dienone is 1. The summed E-state index contributed by atoms with van der Waals surface area (Å²) in [6.07, 6.45) is 1.36. The van der Waals surface area contributed by atoms with Crippen molar-refractivity contribution in [2.24, 2.45) is 0 Å². The van der Waals surface area contributed by atoms with Crippen molar-refractivity contribution < 1.29 is 22.7 Å². The number of benzene rings is 2. The third-order valence-electron chi connectivity index (χ3n) is 5.73. The van der Waals surface area contributed by atoms with E-state index < -0.39 is 28.0 Å². The molecule has 2 atom stereocenters. The second-order valence-electron chi connectivity index (χ2n) is 8.22. The van der Waals surface area contributed by atoms with Crippen LogP contribution in [0, 0.1) is 5.82 Å². The van der Waals surface area contributed by atoms with Gasteiger partial charge in [0.25, 0.3) is 10.0 Å². The van der Waals surface area contributed by atoms with E-state index in [4.69, 9.17) is 27.9 Å². The molecule has 0 saturated carbocycles. The maximum absolute atomic E-state index is 14.4. The monoisotopic (exact) mass is 539 g/mol. The minimum Gasteiger partial charge on any atom is -0.484 e. The quantitative estimate of drug-likeness (QED) is 0.432. The Morgan fingerprint density at radius 3 is 2.71 bits per heavy atom. The van der Waals surface area contributed by atoms with Crippen molar-refractivity contribution in [3.63, 3.8) is 0 Å². The van der Waals surface area contributed by atoms with Crippen molar-refractivity contribution >= 4 is 50.6 Å². The Labute approximate surface area is 213 Å². The maximum Gasteiger partial charge on any atom is 0.269 e. The van der Waals surface area contributed by atoms with E-state index in [2.05, 4.69) is 5.10 Å². The number of hydrogen-bond donors (Lipinski definition) is 1. The van der Waals surface area contributed by atoms with Gasteiger partial charge in [0.15, 0.2) is 5.15 Å². The second kappa shape index (κ2) is 9.81. The Bertz CT molecular complexity index is 1390. The number of sulfonamides is 1. The summed E-state index contributed by atoms with van der Waals surface area (Å²) < 4.78 is 50.2. The molecule has 0 amide bonds. The van der Waals surface area contributed by atoms with Gasteiger partial charge in [0.1, 0.15) is 22.6 Å². The number of aryl methyl sites for hydroxylation is 1. The molecule has 0 radical (unpaired) electrons. The number of aliphatic hydroxyl groups excluding tert-OH is 1. The molecule has 1 N–H and O–H groups in total. The number of fused-ring (bicyclic) bond motifs is 1. The average molecular weight is 540 g/mol. The Morgan fingerprint density at radius 2 is 2.09 bits per heavy atom. The van der Waals surface area contributed by atoms with Crippen molar-refractivity contribution in [1.29, 1.82) is 0 Å². The molecule has 0 bridgehead atoms. The molecule has 7 nitrogen and oxygen atoms in total. The van der Waals surface area contributed by atoms with Crippen LogP contribution < -0.4 is 9.04 Å². The van der Waals surface area contributed by atoms with Gasteiger partial charge in [0.2, 0.25) is 0 Å². The predicted molar refractivity (Wildman–Crippen MR) is 135 cm³/mol. The smallest absolute Gasteiger partial charge is 0.269 e. The number of halogens is 3. The van der Waals surface area contributed by atoms with E-state index in [1.807, 2.05) is 6.92 Å². The van der Waals surface area contributed by atoms with Crippen LogP contribution in [0.4, 0.5) is 10.1 Å². The van der Waals surface area contributed by atoms with E-state index in [9.17, 15) is 17.9 Å². The summed E-state index contributed by atoms with van der Waals surface area (Å²) in [5.41, 5.74) is 1.70. The number of hydrogen-bond acceptors (Lipinski definition) is 5. The van der Waals surface area contributed by atoms with Crippen LogP contribution in [0.1, 0.15) is 31.9 Å². The molecule has 1 aliphatic heterocycles. The van der Waals surface area contributed by atoms with Crippen LogP contribution in [0.25, 0.3) is 11.6 Å². The standard InChI is InChI=1S/C24H24Cl2FN3O4S/c1-4-29-13-22(24(26)28-29)35(32,33)30-12-21(15(3)31)34-20-9-8-16(11-19(20)30)10-14(2)23-17(25)6-5-7-18(23)27/h5-11,13,15,21,31H,4,12H2,1-3H3/t15-,21?/m1/s1. The van der Waals surface area contributed by atoms with Crippen molar-refractivity contribution in [3.05, 3.63) is 69.7 Å². The molecule has 11 heteroatoms. The van der Waals surface area contributed by atoms with Gasteiger partial charge < -0.3 is 9.84 Å². The Balaban J connectivity index is 1.82. The summed E-state index contributed by atoms with van der Waals surface area (Å²) in [5, 5.41) is 14.3. The van der Waals surface area contributed by atoms with E-state index in [1.54, 1.807) is 37.3 Å². The number of aromatic nitrogens is 2. The number of ether oxygens (including phenoxy) is 1. The van der Waals surface area contributed by atoms with Crippen LogP contribution in [0.5, 0.6) is 5.75 Å². The molecule has 0 saturated heterocycles. The van der Waals surface area contributed by atoms with Gasteiger partial charge >= 0.3 is 0 Å². The third-order valence-corrected chi connectivity index (χ3v) is 8.22. The van der Waals surface area contributed by atoms with Crippen LogP contribution in [0.3, 0.4) is 0 Å². The number of nitrogens with zero attached hydrogens (tertiary/aromatic N) is 3. The molecule has 4 rings (SSSR count). The first kappa shape index (κ1) is 25.5. The lowest BCUT2D eigenvalue weighted by molar-refractivity contribution is 0.0503. The molecule has 1 aliphatic rings. The Hall–Kier alpha value is -2.59. The van der Waals surface area contributed by atoms with E-state index in [0.29, 0.717) is 17.7 Å². The molecular weight excluding hydrogens is 516 g/mol. The van der Waals surface area contributed by atoms with Crippen molar-refractivity contribution in [2.45, 2.75) is 44.4 Å². The van der Waals surface area contributed by atoms with Crippen molar-refractivity contribution in [1.82, 2.24) is 9.78 Å². The van der Waals surface area contributed by atoms with Crippen LogP contribution in [-0.4, -0.2) is 42.1 Å². The molecular formula is C24H24Cl2FN3O4S. The lowest BCUT2D eigenvalue weighted by atomic mass is 10.0. The van der Waals surface area contributed by atoms with E-state index in [1.165, 1.54) is 29.9 Å². The SMILES string of the molecule is CCn1cc(S(=O)(=O)N2CC([C@@H](C)O)Oc3ccc(C=C(C)c4c(F)cccc4Cl)cc32)c(Cl)n1. The third kappa shape index (κ3) is 4.91. The minimum atomic E-state index is -4.15. The number of rotatable bonds is 6. The topological polar surface area (TPSA) is 84.7 Å². The fraction of sp³-hybridized carbons (Fsp3) is 0.292. The molecule has 0 spiro atoms. The summed E-state index contributed by atoms with van der Waals surface area (Å²) >= 11 is 12.4. The Morgan fingerprint density at radius 1 is 1.34 bits per heavy atom. The second-order valence-corrected chi connectivity index (χ2v) is 10.8. The van der Waals surface area contributed by atoms with Gasteiger partial charge in [-0.3, -0.25) is 8.99 Å². The lowest BCUT2D eigenvalue weighted by Gasteiger charge is -2.36. The van der Waals surface area contributed by atoms with Gasteiger partial charge in [-0.2, -0.15) is 5.10 Å². The summed E-state index contributed by atoms with van der Waals surface area (Å²) in [6, 6.07) is 9.41. The highest BCUT2D eigenvalue weighted by atomic mass is 35.5. The fourth-order valence-corrected chi connectivity index (χ4v) is 6.13. The van der Waals surface area contributed by atoms with Gasteiger partial charge in [-0.15, -0.1) is 0 Å². The van der Waals surface area contributed by atoms with E-state index >= 15 is 0 Å². The first-order valence-corrected chi connectivity index (χ1v) is 13.1. The van der Waals surface area contributed by atoms with E-state index in [0.717, 1.165) is 4.31 Å². The Kier molecular flexibility index (Phi) is 7.15. The zero-order chi connectivity index (χ0) is 25.5. The zero-order valence-corrected chi connectivity index (χ0v) is 21.6. The lowest BCUT2D eigenvalue weighted by Crippen LogP contribution is -2.47. The fourth-order valence-electron chi connectivity index (χ4n) is 3.89. The van der Waals surface area contributed by atoms with Gasteiger partial charge in [0.05, 0.1) is 23.4 Å². The van der Waals surface area contributed by atoms with Crippen LogP contribution in [-0.2, 0) is 16.6 Å². The van der Waals surface area contributed by atoms with Crippen LogP contribution in [0.15, 0.2) is 47.5 Å². The van der Waals surface area contributed by atoms with Gasteiger partial charge in [-0.05, 0) is 56.2 Å². The molecule has 1 aromatic heterocycles. The molecule has 1 unspecified atom stereocenters. The number of anilines is 1. The molecule has 186 valence electrons. The van der Waals surface area contributed by atoms with Crippen molar-refractivity contribution in [2.75, 3.05) is 10.8 Å². The summed E-state index contributed by atoms with van der Waals surface area (Å²) in [6.45, 7) is 5.37. The maximum atomic E-state index is 14.4. The van der Waals surface area contributed by atoms with Gasteiger partial charge in [-0.1, -0.05) is 41.4 Å². The van der Waals surface area contributed by atoms with Gasteiger partial charge in [0, 0.05) is 18.3 Å². The van der Waals surface area contributed by atoms with Crippen LogP contribution in [0.2, 0.25) is 10.2 Å². The summed E-state index contributed by atoms with van der Waals surface area (Å²) in [5.74, 6) is -0.178. The predicted octanol–water partition coefficient (Wildman–Crippen LogP) is 5.25. The zero-order valence-electron chi connectivity index (χ0n) is 19.2. The average Bonchev–Trinajstić information content (AvgIpc) is 3.19. The van der Waals surface area contributed by atoms with E-state index in [-0.39, 0.29) is 38.6 Å². The largest absolute Gasteiger partial charge is 0.484 e. The molecule has 0 aliphatic carbocycles. The van der Waals surface area contributed by atoms with Crippen LogP contribution >= 0.6 is 23.2 Å². The summed E-state index contributed by atoms with van der Waals surface area (Å²) in [4.78, 5) is -0.145. The molecule has 3 aromatic rings.